The van der Waals surface area contributed by atoms with Crippen molar-refractivity contribution < 1.29 is 37.9 Å². The predicted molar refractivity (Wildman–Crippen MR) is 359 cm³/mol. The van der Waals surface area contributed by atoms with Gasteiger partial charge in [-0.3, -0.25) is 0 Å². The number of fused-ring (bicyclic) bond motifs is 2. The van der Waals surface area contributed by atoms with Crippen LogP contribution in [0.25, 0.3) is 41.1 Å². The first-order valence-corrected chi connectivity index (χ1v) is 35.3. The van der Waals surface area contributed by atoms with E-state index in [0.717, 1.165) is 158 Å². The van der Waals surface area contributed by atoms with Gasteiger partial charge in [-0.1, -0.05) is 201 Å². The van der Waals surface area contributed by atoms with Gasteiger partial charge in [-0.05, 0) is 96.2 Å². The molecule has 468 valence electrons. The van der Waals surface area contributed by atoms with E-state index < -0.39 is 0 Å². The Hall–Kier alpha value is -4.06. The zero-order valence-corrected chi connectivity index (χ0v) is 58.0. The second-order valence-corrected chi connectivity index (χ2v) is 31.5. The van der Waals surface area contributed by atoms with Gasteiger partial charge in [0, 0.05) is 27.4 Å². The van der Waals surface area contributed by atoms with Gasteiger partial charge < -0.3 is 37.9 Å². The van der Waals surface area contributed by atoms with E-state index in [1.807, 2.05) is 0 Å². The zero-order chi connectivity index (χ0) is 61.0. The molecule has 2 aliphatic heterocycles. The summed E-state index contributed by atoms with van der Waals surface area (Å²) in [6, 6.07) is 13.6. The van der Waals surface area contributed by atoms with Crippen LogP contribution in [0.3, 0.4) is 0 Å². The molecule has 0 aliphatic carbocycles. The van der Waals surface area contributed by atoms with E-state index in [2.05, 4.69) is 161 Å². The lowest BCUT2D eigenvalue weighted by Crippen LogP contribution is -2.26. The van der Waals surface area contributed by atoms with Crippen molar-refractivity contribution in [3.63, 3.8) is 0 Å². The van der Waals surface area contributed by atoms with Crippen molar-refractivity contribution in [2.75, 3.05) is 52.9 Å². The number of rotatable bonds is 31. The van der Waals surface area contributed by atoms with Gasteiger partial charge in [0.2, 0.25) is 0 Å². The molecule has 2 aliphatic rings. The van der Waals surface area contributed by atoms with Crippen LogP contribution in [-0.4, -0.2) is 52.9 Å². The first-order valence-electron chi connectivity index (χ1n) is 32.8. The molecule has 0 bridgehead atoms. The molecule has 84 heavy (non-hydrogen) atoms. The lowest BCUT2D eigenvalue weighted by molar-refractivity contribution is 0.139. The second-order valence-electron chi connectivity index (χ2n) is 28.4. The monoisotopic (exact) mass is 1210 g/mol. The Morgan fingerprint density at radius 1 is 0.452 bits per heavy atom. The van der Waals surface area contributed by atoms with Crippen LogP contribution in [0.2, 0.25) is 0 Å². The van der Waals surface area contributed by atoms with E-state index in [4.69, 9.17) is 37.9 Å². The smallest absolute Gasteiger partial charge is 0.181 e. The zero-order valence-electron chi connectivity index (χ0n) is 55.5. The van der Waals surface area contributed by atoms with E-state index in [1.54, 1.807) is 34.0 Å². The van der Waals surface area contributed by atoms with Gasteiger partial charge in [-0.2, -0.15) is 0 Å². The SMILES string of the molecule is CCCCC(C)COc1ccc(C(C)(C)C)cc1-c1cc(-c2sc(-c3sc(-c4sc(C(C)(C)C)c5c4OCC(C)(C)CO5)c(OCC(CC)CCCC)c3OCC(CC)CCCC)c3c2OCC(C)(C)CO3)ccc1OCC(CC)CCCC. The first-order chi connectivity index (χ1) is 40.0. The molecule has 4 atom stereocenters. The van der Waals surface area contributed by atoms with Gasteiger partial charge >= 0.3 is 0 Å². The number of benzene rings is 2. The van der Waals surface area contributed by atoms with Crippen molar-refractivity contribution in [3.05, 3.63) is 46.8 Å². The molecule has 11 heteroatoms. The molecule has 5 heterocycles. The molecular weight excluding hydrogens is 1100 g/mol. The molecule has 5 aromatic rings. The van der Waals surface area contributed by atoms with E-state index in [0.29, 0.717) is 76.5 Å². The van der Waals surface area contributed by atoms with Crippen molar-refractivity contribution in [1.29, 1.82) is 0 Å². The maximum absolute atomic E-state index is 7.46. The van der Waals surface area contributed by atoms with Gasteiger partial charge in [0.05, 0.1) is 82.1 Å². The predicted octanol–water partition coefficient (Wildman–Crippen LogP) is 22.7. The molecule has 0 amide bonds. The summed E-state index contributed by atoms with van der Waals surface area (Å²) in [5, 5.41) is 0. The molecule has 0 saturated heterocycles. The molecule has 0 N–H and O–H groups in total. The molecule has 8 nitrogen and oxygen atoms in total. The second kappa shape index (κ2) is 30.2. The Balaban J connectivity index is 1.52. The minimum Gasteiger partial charge on any atom is -0.493 e. The molecule has 2 aromatic carbocycles. The number of hydrogen-bond acceptors (Lipinski definition) is 11. The van der Waals surface area contributed by atoms with Crippen LogP contribution in [0.1, 0.15) is 231 Å². The van der Waals surface area contributed by atoms with Crippen LogP contribution in [0.5, 0.6) is 46.0 Å². The fourth-order valence-electron chi connectivity index (χ4n) is 10.9. The molecule has 0 radical (unpaired) electrons. The molecule has 7 rings (SSSR count). The highest BCUT2D eigenvalue weighted by molar-refractivity contribution is 7.28. The molecule has 4 unspecified atom stereocenters. The van der Waals surface area contributed by atoms with E-state index in [1.165, 1.54) is 36.1 Å². The minimum absolute atomic E-state index is 0.0978. The number of thiophene rings is 3. The molecule has 0 saturated carbocycles. The lowest BCUT2D eigenvalue weighted by Gasteiger charge is -2.24. The normalized spacial score (nSPS) is 16.4. The standard InChI is InChI=1S/C73H110O8S3/c1-19-26-30-48(8)40-74-57-37-35-53(70(9,10)11)39-55(57)54-38-52(34-36-56(54)75-41-49(23-5)31-27-20-2)64-58-61(79-45-72(15,16)44-78-58)67(82-64)65-59(76-42-50(24-6)32-28-21-3)60(77-43-51(25-7)33-29-22-4)66(83-65)68-62-63(69(84-68)71(12,13)14)81-47-73(17,18)46-80-62/h34-39,48-51H,19-33,40-47H2,1-18H3. The largest absolute Gasteiger partial charge is 0.493 e. The van der Waals surface area contributed by atoms with Crippen LogP contribution in [-0.2, 0) is 10.8 Å². The van der Waals surface area contributed by atoms with Gasteiger partial charge in [-0.15, -0.1) is 34.0 Å². The van der Waals surface area contributed by atoms with E-state index >= 15 is 0 Å². The maximum Gasteiger partial charge on any atom is 0.181 e. The summed E-state index contributed by atoms with van der Waals surface area (Å²) in [5.74, 6) is 8.12. The number of ether oxygens (including phenoxy) is 8. The summed E-state index contributed by atoms with van der Waals surface area (Å²) in [5.41, 5.74) is 3.60. The fourth-order valence-corrected chi connectivity index (χ4v) is 14.8. The van der Waals surface area contributed by atoms with Crippen LogP contribution in [0, 0.1) is 34.5 Å². The number of unbranched alkanes of at least 4 members (excludes halogenated alkanes) is 4. The highest BCUT2D eigenvalue weighted by atomic mass is 32.1. The Morgan fingerprint density at radius 3 is 1.33 bits per heavy atom. The summed E-state index contributed by atoms with van der Waals surface area (Å²) in [6.07, 6.45) is 17.0. The molecule has 0 fully saturated rings. The van der Waals surface area contributed by atoms with Crippen LogP contribution < -0.4 is 37.9 Å². The van der Waals surface area contributed by atoms with Gasteiger partial charge in [-0.25, -0.2) is 0 Å². The van der Waals surface area contributed by atoms with Crippen molar-refractivity contribution in [1.82, 2.24) is 0 Å². The highest BCUT2D eigenvalue weighted by Crippen LogP contribution is 2.65. The quantitative estimate of drug-likeness (QED) is 0.0435. The Labute approximate surface area is 521 Å². The first kappa shape index (κ1) is 67.4. The Bertz CT molecular complexity index is 2850. The third-order valence-corrected chi connectivity index (χ3v) is 21.2. The van der Waals surface area contributed by atoms with Crippen molar-refractivity contribution in [2.24, 2.45) is 34.5 Å². The summed E-state index contributed by atoms with van der Waals surface area (Å²) in [6.45, 7) is 45.5. The summed E-state index contributed by atoms with van der Waals surface area (Å²) in [7, 11) is 0. The maximum atomic E-state index is 7.46. The third kappa shape index (κ3) is 17.2. The molecule has 0 spiro atoms. The van der Waals surface area contributed by atoms with E-state index in [9.17, 15) is 0 Å². The van der Waals surface area contributed by atoms with Gasteiger partial charge in [0.25, 0.3) is 0 Å². The Kier molecular flexibility index (Phi) is 24.3. The highest BCUT2D eigenvalue weighted by Gasteiger charge is 2.40. The van der Waals surface area contributed by atoms with Crippen LogP contribution in [0.15, 0.2) is 36.4 Å². The average Bonchev–Trinajstić information content (AvgIpc) is 2.96. The Morgan fingerprint density at radius 2 is 0.857 bits per heavy atom. The third-order valence-electron chi connectivity index (χ3n) is 17.0. The average molecular weight is 1210 g/mol. The summed E-state index contributed by atoms with van der Waals surface area (Å²) in [4.78, 5) is 6.18. The van der Waals surface area contributed by atoms with Crippen molar-refractivity contribution in [3.8, 4) is 87.1 Å². The van der Waals surface area contributed by atoms with Crippen LogP contribution in [0.4, 0.5) is 0 Å². The molecular formula is C73H110O8S3. The fraction of sp³-hybridized carbons (Fsp3) is 0.671. The summed E-state index contributed by atoms with van der Waals surface area (Å²) < 4.78 is 57.2. The van der Waals surface area contributed by atoms with Gasteiger partial charge in [0.1, 0.15) is 11.5 Å². The van der Waals surface area contributed by atoms with E-state index in [-0.39, 0.29) is 21.7 Å². The summed E-state index contributed by atoms with van der Waals surface area (Å²) >= 11 is 5.25. The van der Waals surface area contributed by atoms with Gasteiger partial charge in [0.15, 0.2) is 34.5 Å². The topological polar surface area (TPSA) is 73.8 Å². The van der Waals surface area contributed by atoms with Crippen LogP contribution >= 0.6 is 34.0 Å². The minimum atomic E-state index is -0.256. The molecule has 3 aromatic heterocycles. The lowest BCUT2D eigenvalue weighted by atomic mass is 9.85. The van der Waals surface area contributed by atoms with Crippen molar-refractivity contribution >= 4 is 34.0 Å². The number of hydrogen-bond donors (Lipinski definition) is 0. The van der Waals surface area contributed by atoms with Crippen molar-refractivity contribution in [2.45, 2.75) is 232 Å².